The Labute approximate surface area is 233 Å². The van der Waals surface area contributed by atoms with E-state index in [1.807, 2.05) is 4.90 Å². The number of fused-ring (bicyclic) bond motifs is 2. The highest BCUT2D eigenvalue weighted by atomic mass is 16.5. The summed E-state index contributed by atoms with van der Waals surface area (Å²) in [6.45, 7) is 10.1. The van der Waals surface area contributed by atoms with Crippen LogP contribution in [0.5, 0.6) is 0 Å². The molecule has 1 amide bonds. The number of methoxy groups -OCH3 is 1. The topological polar surface area (TPSA) is 36.0 Å². The van der Waals surface area contributed by atoms with Crippen molar-refractivity contribution in [2.45, 2.75) is 44.4 Å². The Morgan fingerprint density at radius 2 is 1.26 bits per heavy atom. The maximum Gasteiger partial charge on any atom is 0.409 e. The van der Waals surface area contributed by atoms with E-state index in [9.17, 15) is 4.79 Å². The molecule has 0 aromatic heterocycles. The Balaban J connectivity index is 1.22. The van der Waals surface area contributed by atoms with Gasteiger partial charge in [0.05, 0.1) is 18.5 Å². The molecule has 3 aliphatic rings. The minimum atomic E-state index is -0.221. The van der Waals surface area contributed by atoms with Crippen LogP contribution in [0.1, 0.15) is 61.3 Å². The van der Waals surface area contributed by atoms with E-state index in [1.165, 1.54) is 53.6 Å². The SMILES string of the molecule is COC(=O)N1CCCN(c2ccccc2N2CCC(C3c4ccccc4C(C)(C)c4ccccc43)CC2)CC1. The number of carbonyl (C=O) groups excluding carboxylic acids is 1. The number of carbonyl (C=O) groups is 1. The summed E-state index contributed by atoms with van der Waals surface area (Å²) in [7, 11) is 1.47. The summed E-state index contributed by atoms with van der Waals surface area (Å²) in [4.78, 5) is 19.0. The molecule has 0 atom stereocenters. The third-order valence-corrected chi connectivity index (χ3v) is 9.44. The van der Waals surface area contributed by atoms with E-state index in [-0.39, 0.29) is 11.5 Å². The van der Waals surface area contributed by atoms with Gasteiger partial charge in [0.25, 0.3) is 0 Å². The molecule has 2 fully saturated rings. The van der Waals surface area contributed by atoms with Gasteiger partial charge in [-0.2, -0.15) is 0 Å². The molecule has 3 aromatic carbocycles. The molecule has 2 saturated heterocycles. The van der Waals surface area contributed by atoms with Crippen LogP contribution in [-0.4, -0.2) is 57.4 Å². The molecule has 0 radical (unpaired) electrons. The summed E-state index contributed by atoms with van der Waals surface area (Å²) in [6, 6.07) is 27.2. The maximum atomic E-state index is 12.1. The first kappa shape index (κ1) is 25.8. The van der Waals surface area contributed by atoms with Crippen LogP contribution in [0.2, 0.25) is 0 Å². The first-order valence-electron chi connectivity index (χ1n) is 14.6. The van der Waals surface area contributed by atoms with Gasteiger partial charge in [0, 0.05) is 50.6 Å². The largest absolute Gasteiger partial charge is 0.453 e. The van der Waals surface area contributed by atoms with Crippen molar-refractivity contribution < 1.29 is 9.53 Å². The number of hydrogen-bond donors (Lipinski definition) is 0. The third kappa shape index (κ3) is 4.66. The molecular weight excluding hydrogens is 482 g/mol. The van der Waals surface area contributed by atoms with Gasteiger partial charge in [-0.25, -0.2) is 4.79 Å². The number of ether oxygens (including phenoxy) is 1. The van der Waals surface area contributed by atoms with Crippen molar-refractivity contribution in [2.75, 3.05) is 56.2 Å². The number of anilines is 2. The number of rotatable bonds is 3. The molecule has 0 spiro atoms. The van der Waals surface area contributed by atoms with Crippen LogP contribution in [0.15, 0.2) is 72.8 Å². The second kappa shape index (κ2) is 10.6. The van der Waals surface area contributed by atoms with Crippen molar-refractivity contribution >= 4 is 17.5 Å². The lowest BCUT2D eigenvalue weighted by molar-refractivity contribution is 0.126. The minimum Gasteiger partial charge on any atom is -0.453 e. The molecule has 204 valence electrons. The Morgan fingerprint density at radius 3 is 1.85 bits per heavy atom. The molecule has 6 rings (SSSR count). The summed E-state index contributed by atoms with van der Waals surface area (Å²) in [5, 5.41) is 0. The first-order valence-corrected chi connectivity index (χ1v) is 14.6. The lowest BCUT2D eigenvalue weighted by atomic mass is 9.61. The first-order chi connectivity index (χ1) is 19.0. The van der Waals surface area contributed by atoms with E-state index in [0.29, 0.717) is 18.4 Å². The second-order valence-corrected chi connectivity index (χ2v) is 11.9. The van der Waals surface area contributed by atoms with Crippen LogP contribution >= 0.6 is 0 Å². The molecule has 2 heterocycles. The predicted molar refractivity (Wildman–Crippen MR) is 159 cm³/mol. The van der Waals surface area contributed by atoms with Gasteiger partial charge >= 0.3 is 6.09 Å². The van der Waals surface area contributed by atoms with Gasteiger partial charge in [-0.15, -0.1) is 0 Å². The molecule has 0 N–H and O–H groups in total. The van der Waals surface area contributed by atoms with Gasteiger partial charge < -0.3 is 19.4 Å². The Morgan fingerprint density at radius 1 is 0.718 bits per heavy atom. The molecule has 0 bridgehead atoms. The number of nitrogens with zero attached hydrogens (tertiary/aromatic N) is 3. The van der Waals surface area contributed by atoms with Crippen LogP contribution in [0.4, 0.5) is 16.2 Å². The van der Waals surface area contributed by atoms with Crippen LogP contribution in [0.25, 0.3) is 0 Å². The Bertz CT molecular complexity index is 1280. The molecule has 2 aliphatic heterocycles. The lowest BCUT2D eigenvalue weighted by Crippen LogP contribution is -2.39. The summed E-state index contributed by atoms with van der Waals surface area (Å²) in [5.74, 6) is 1.08. The monoisotopic (exact) mass is 523 g/mol. The molecule has 39 heavy (non-hydrogen) atoms. The molecule has 5 heteroatoms. The van der Waals surface area contributed by atoms with Crippen molar-refractivity contribution in [1.29, 1.82) is 0 Å². The smallest absolute Gasteiger partial charge is 0.409 e. The van der Waals surface area contributed by atoms with Crippen LogP contribution in [-0.2, 0) is 10.2 Å². The van der Waals surface area contributed by atoms with Crippen molar-refractivity contribution in [2.24, 2.45) is 5.92 Å². The Kier molecular flexibility index (Phi) is 7.01. The molecular formula is C34H41N3O2. The molecule has 5 nitrogen and oxygen atoms in total. The van der Waals surface area contributed by atoms with Gasteiger partial charge in [-0.05, 0) is 59.6 Å². The average molecular weight is 524 g/mol. The number of hydrogen-bond acceptors (Lipinski definition) is 4. The highest BCUT2D eigenvalue weighted by Crippen LogP contribution is 2.51. The summed E-state index contributed by atoms with van der Waals surface area (Å²) in [6.07, 6.45) is 3.08. The van der Waals surface area contributed by atoms with E-state index >= 15 is 0 Å². The fourth-order valence-corrected chi connectivity index (χ4v) is 7.44. The van der Waals surface area contributed by atoms with Gasteiger partial charge in [0.2, 0.25) is 0 Å². The van der Waals surface area contributed by atoms with Crippen molar-refractivity contribution in [1.82, 2.24) is 4.90 Å². The summed E-state index contributed by atoms with van der Waals surface area (Å²) in [5.41, 5.74) is 8.68. The molecule has 1 aliphatic carbocycles. The number of piperidine rings is 1. The van der Waals surface area contributed by atoms with Crippen LogP contribution in [0, 0.1) is 5.92 Å². The van der Waals surface area contributed by atoms with E-state index in [1.54, 1.807) is 0 Å². The van der Waals surface area contributed by atoms with Crippen LogP contribution < -0.4 is 9.80 Å². The quantitative estimate of drug-likeness (QED) is 0.385. The normalized spacial score (nSPS) is 19.7. The number of amides is 1. The molecule has 0 saturated carbocycles. The zero-order valence-corrected chi connectivity index (χ0v) is 23.6. The van der Waals surface area contributed by atoms with Gasteiger partial charge in [0.1, 0.15) is 0 Å². The highest BCUT2D eigenvalue weighted by molar-refractivity contribution is 5.72. The zero-order valence-electron chi connectivity index (χ0n) is 23.6. The fraction of sp³-hybridized carbons (Fsp3) is 0.441. The zero-order chi connectivity index (χ0) is 27.0. The van der Waals surface area contributed by atoms with Gasteiger partial charge in [-0.1, -0.05) is 74.5 Å². The van der Waals surface area contributed by atoms with Gasteiger partial charge in [-0.3, -0.25) is 0 Å². The Hall–Kier alpha value is -3.47. The van der Waals surface area contributed by atoms with E-state index in [2.05, 4.69) is 96.4 Å². The summed E-state index contributed by atoms with van der Waals surface area (Å²) < 4.78 is 4.98. The summed E-state index contributed by atoms with van der Waals surface area (Å²) >= 11 is 0. The van der Waals surface area contributed by atoms with Crippen LogP contribution in [0.3, 0.4) is 0 Å². The maximum absolute atomic E-state index is 12.1. The predicted octanol–water partition coefficient (Wildman–Crippen LogP) is 6.65. The second-order valence-electron chi connectivity index (χ2n) is 11.9. The average Bonchev–Trinajstić information content (AvgIpc) is 3.24. The standard InChI is InChI=1S/C34H41N3O2/c1-34(2)28-13-6-4-11-26(28)32(27-12-5-7-14-29(27)34)25-17-21-36(22-18-25)31-16-9-8-15-30(31)35-19-10-20-37(24-23-35)33(38)39-3/h4-9,11-16,25,32H,10,17-24H2,1-3H3. The van der Waals surface area contributed by atoms with Crippen molar-refractivity contribution in [3.8, 4) is 0 Å². The van der Waals surface area contributed by atoms with E-state index < -0.39 is 0 Å². The van der Waals surface area contributed by atoms with E-state index in [4.69, 9.17) is 4.74 Å². The number of benzene rings is 3. The third-order valence-electron chi connectivity index (χ3n) is 9.44. The number of para-hydroxylation sites is 2. The highest BCUT2D eigenvalue weighted by Gasteiger charge is 2.40. The van der Waals surface area contributed by atoms with Gasteiger partial charge in [0.15, 0.2) is 0 Å². The van der Waals surface area contributed by atoms with Crippen molar-refractivity contribution in [3.63, 3.8) is 0 Å². The fourth-order valence-electron chi connectivity index (χ4n) is 7.44. The molecule has 3 aromatic rings. The molecule has 0 unspecified atom stereocenters. The minimum absolute atomic E-state index is 0.0277. The lowest BCUT2D eigenvalue weighted by Gasteiger charge is -2.45. The van der Waals surface area contributed by atoms with E-state index in [0.717, 1.165) is 39.1 Å². The van der Waals surface area contributed by atoms with Crippen molar-refractivity contribution in [3.05, 3.63) is 95.1 Å².